The van der Waals surface area contributed by atoms with Gasteiger partial charge < -0.3 is 14.7 Å². The van der Waals surface area contributed by atoms with Crippen LogP contribution in [0.1, 0.15) is 52.4 Å². The molecule has 0 bridgehead atoms. The molecule has 3 aliphatic heterocycles. The Hall–Kier alpha value is -0.610. The molecule has 3 heterocycles. The molecule has 0 N–H and O–H groups in total. The van der Waals surface area contributed by atoms with Crippen molar-refractivity contribution in [2.45, 2.75) is 58.4 Å². The number of carbonyl (C=O) groups is 1. The summed E-state index contributed by atoms with van der Waals surface area (Å²) in [5.74, 6) is 0.372. The van der Waals surface area contributed by atoms with Crippen molar-refractivity contribution in [3.63, 3.8) is 0 Å². The molecule has 3 aliphatic rings. The number of piperidine rings is 2. The van der Waals surface area contributed by atoms with Gasteiger partial charge in [-0.2, -0.15) is 0 Å². The highest BCUT2D eigenvalue weighted by atomic mass is 16.2. The maximum Gasteiger partial charge on any atom is 0.223 e. The normalized spacial score (nSPS) is 26.4. The van der Waals surface area contributed by atoms with Crippen molar-refractivity contribution in [1.82, 2.24) is 14.7 Å². The Kier molecular flexibility index (Phi) is 5.08. The molecular formula is C18H33N3O. The summed E-state index contributed by atoms with van der Waals surface area (Å²) in [6.45, 7) is 12.6. The fraction of sp³-hybridized carbons (Fsp3) is 0.944. The van der Waals surface area contributed by atoms with Crippen molar-refractivity contribution >= 4 is 5.91 Å². The van der Waals surface area contributed by atoms with E-state index >= 15 is 0 Å². The third kappa shape index (κ3) is 3.65. The number of nitrogens with zero attached hydrogens (tertiary/aromatic N) is 3. The van der Waals surface area contributed by atoms with Gasteiger partial charge in [0.05, 0.1) is 0 Å². The Morgan fingerprint density at radius 3 is 2.05 bits per heavy atom. The molecule has 126 valence electrons. The van der Waals surface area contributed by atoms with Gasteiger partial charge in [-0.3, -0.25) is 4.79 Å². The molecule has 4 heteroatoms. The number of likely N-dealkylation sites (tertiary alicyclic amines) is 3. The first-order chi connectivity index (χ1) is 10.6. The van der Waals surface area contributed by atoms with Crippen LogP contribution in [0.4, 0.5) is 0 Å². The highest BCUT2D eigenvalue weighted by Crippen LogP contribution is 2.41. The van der Waals surface area contributed by atoms with E-state index in [9.17, 15) is 4.79 Å². The van der Waals surface area contributed by atoms with Crippen LogP contribution in [0.2, 0.25) is 0 Å². The summed E-state index contributed by atoms with van der Waals surface area (Å²) in [7, 11) is 0. The number of hydrogen-bond acceptors (Lipinski definition) is 3. The summed E-state index contributed by atoms with van der Waals surface area (Å²) in [4.78, 5) is 19.1. The van der Waals surface area contributed by atoms with Crippen LogP contribution in [0.5, 0.6) is 0 Å². The fourth-order valence-electron chi connectivity index (χ4n) is 4.24. The van der Waals surface area contributed by atoms with Gasteiger partial charge in [0, 0.05) is 32.1 Å². The van der Waals surface area contributed by atoms with Gasteiger partial charge in [0.25, 0.3) is 0 Å². The second-order valence-corrected chi connectivity index (χ2v) is 7.96. The minimum absolute atomic E-state index is 0.372. The van der Waals surface area contributed by atoms with E-state index in [0.29, 0.717) is 17.4 Å². The van der Waals surface area contributed by atoms with Gasteiger partial charge in [0.2, 0.25) is 5.91 Å². The Balaban J connectivity index is 1.38. The van der Waals surface area contributed by atoms with E-state index in [-0.39, 0.29) is 0 Å². The van der Waals surface area contributed by atoms with Crippen molar-refractivity contribution in [2.75, 3.05) is 45.8 Å². The van der Waals surface area contributed by atoms with Gasteiger partial charge >= 0.3 is 0 Å². The molecule has 22 heavy (non-hydrogen) atoms. The SMILES string of the molecule is CC(C)N1CCC2(CCN(CCC(=O)N3CCC3)CC2)CC1. The molecule has 3 fully saturated rings. The van der Waals surface area contributed by atoms with Crippen molar-refractivity contribution in [3.05, 3.63) is 0 Å². The Morgan fingerprint density at radius 2 is 1.55 bits per heavy atom. The van der Waals surface area contributed by atoms with Crippen molar-refractivity contribution < 1.29 is 4.79 Å². The average Bonchev–Trinajstić information content (AvgIpc) is 2.45. The monoisotopic (exact) mass is 307 g/mol. The lowest BCUT2D eigenvalue weighted by atomic mass is 9.71. The van der Waals surface area contributed by atoms with E-state index in [4.69, 9.17) is 0 Å². The predicted molar refractivity (Wildman–Crippen MR) is 89.9 cm³/mol. The molecule has 0 aromatic carbocycles. The number of amides is 1. The van der Waals surface area contributed by atoms with Crippen LogP contribution < -0.4 is 0 Å². The second-order valence-electron chi connectivity index (χ2n) is 7.96. The van der Waals surface area contributed by atoms with E-state index in [0.717, 1.165) is 26.1 Å². The van der Waals surface area contributed by atoms with Crippen LogP contribution >= 0.6 is 0 Å². The lowest BCUT2D eigenvalue weighted by Gasteiger charge is -2.48. The molecule has 1 amide bonds. The first-order valence-corrected chi connectivity index (χ1v) is 9.32. The van der Waals surface area contributed by atoms with Crippen molar-refractivity contribution in [3.8, 4) is 0 Å². The zero-order valence-corrected chi connectivity index (χ0v) is 14.5. The van der Waals surface area contributed by atoms with E-state index in [1.165, 1.54) is 58.3 Å². The summed E-state index contributed by atoms with van der Waals surface area (Å²) in [6.07, 6.45) is 7.38. The number of carbonyl (C=O) groups excluding carboxylic acids is 1. The third-order valence-corrected chi connectivity index (χ3v) is 6.36. The summed E-state index contributed by atoms with van der Waals surface area (Å²) in [5, 5.41) is 0. The maximum absolute atomic E-state index is 12.0. The molecule has 0 aromatic rings. The standard InChI is InChI=1S/C18H33N3O/c1-16(2)20-14-7-18(8-15-20)5-12-19(13-6-18)11-4-17(22)21-9-3-10-21/h16H,3-15H2,1-2H3. The van der Waals surface area contributed by atoms with E-state index in [1.807, 2.05) is 4.90 Å². The van der Waals surface area contributed by atoms with Crippen LogP contribution in [-0.4, -0.2) is 72.5 Å². The molecule has 3 rings (SSSR count). The molecule has 4 nitrogen and oxygen atoms in total. The van der Waals surface area contributed by atoms with E-state index in [1.54, 1.807) is 0 Å². The lowest BCUT2D eigenvalue weighted by molar-refractivity contribution is -0.135. The minimum Gasteiger partial charge on any atom is -0.343 e. The van der Waals surface area contributed by atoms with Crippen molar-refractivity contribution in [1.29, 1.82) is 0 Å². The molecule has 3 saturated heterocycles. The third-order valence-electron chi connectivity index (χ3n) is 6.36. The summed E-state index contributed by atoms with van der Waals surface area (Å²) in [6, 6.07) is 0.699. The van der Waals surface area contributed by atoms with Crippen LogP contribution in [0.15, 0.2) is 0 Å². The maximum atomic E-state index is 12.0. The van der Waals surface area contributed by atoms with Crippen LogP contribution in [0.25, 0.3) is 0 Å². The summed E-state index contributed by atoms with van der Waals surface area (Å²) < 4.78 is 0. The first-order valence-electron chi connectivity index (χ1n) is 9.32. The zero-order chi connectivity index (χ0) is 15.6. The molecular weight excluding hydrogens is 274 g/mol. The van der Waals surface area contributed by atoms with Crippen LogP contribution in [-0.2, 0) is 4.79 Å². The zero-order valence-electron chi connectivity index (χ0n) is 14.5. The van der Waals surface area contributed by atoms with E-state index < -0.39 is 0 Å². The topological polar surface area (TPSA) is 26.8 Å². The molecule has 0 atom stereocenters. The fourth-order valence-corrected chi connectivity index (χ4v) is 4.24. The molecule has 0 aromatic heterocycles. The smallest absolute Gasteiger partial charge is 0.223 e. The summed E-state index contributed by atoms with van der Waals surface area (Å²) >= 11 is 0. The minimum atomic E-state index is 0.372. The quantitative estimate of drug-likeness (QED) is 0.796. The Bertz CT molecular complexity index is 374. The van der Waals surface area contributed by atoms with Gasteiger partial charge in [0.1, 0.15) is 0 Å². The average molecular weight is 307 g/mol. The van der Waals surface area contributed by atoms with Gasteiger partial charge in [0.15, 0.2) is 0 Å². The first kappa shape index (κ1) is 16.3. The number of rotatable bonds is 4. The highest BCUT2D eigenvalue weighted by Gasteiger charge is 2.37. The predicted octanol–water partition coefficient (Wildman–Crippen LogP) is 2.20. The van der Waals surface area contributed by atoms with E-state index in [2.05, 4.69) is 23.6 Å². The van der Waals surface area contributed by atoms with Crippen molar-refractivity contribution in [2.24, 2.45) is 5.41 Å². The molecule has 0 unspecified atom stereocenters. The van der Waals surface area contributed by atoms with Crippen LogP contribution in [0.3, 0.4) is 0 Å². The van der Waals surface area contributed by atoms with Gasteiger partial charge in [-0.05, 0) is 77.5 Å². The lowest BCUT2D eigenvalue weighted by Crippen LogP contribution is -2.49. The van der Waals surface area contributed by atoms with Crippen LogP contribution in [0, 0.1) is 5.41 Å². The second kappa shape index (κ2) is 6.88. The Morgan fingerprint density at radius 1 is 0.955 bits per heavy atom. The molecule has 1 spiro atoms. The molecule has 0 radical (unpaired) electrons. The largest absolute Gasteiger partial charge is 0.343 e. The van der Waals surface area contributed by atoms with Gasteiger partial charge in [-0.1, -0.05) is 0 Å². The number of hydrogen-bond donors (Lipinski definition) is 0. The van der Waals surface area contributed by atoms with Gasteiger partial charge in [-0.25, -0.2) is 0 Å². The highest BCUT2D eigenvalue weighted by molar-refractivity contribution is 5.77. The molecule has 0 aliphatic carbocycles. The van der Waals surface area contributed by atoms with Gasteiger partial charge in [-0.15, -0.1) is 0 Å². The summed E-state index contributed by atoms with van der Waals surface area (Å²) in [5.41, 5.74) is 0.614. The Labute approximate surface area is 135 Å². The molecule has 0 saturated carbocycles.